The Kier molecular flexibility index (Phi) is 2.81. The molecular weight excluding hydrogens is 172 g/mol. The van der Waals surface area contributed by atoms with Crippen LogP contribution in [0.1, 0.15) is 19.4 Å². The van der Waals surface area contributed by atoms with E-state index in [0.717, 1.165) is 11.4 Å². The molecular formula is C12H16N2. The highest BCUT2D eigenvalue weighted by atomic mass is 15.1. The van der Waals surface area contributed by atoms with Gasteiger partial charge in [-0.25, -0.2) is 4.98 Å². The number of rotatable bonds is 2. The van der Waals surface area contributed by atoms with Crippen molar-refractivity contribution in [3.8, 4) is 12.3 Å². The molecule has 0 aliphatic carbocycles. The third kappa shape index (κ3) is 1.88. The van der Waals surface area contributed by atoms with Gasteiger partial charge < -0.3 is 4.90 Å². The van der Waals surface area contributed by atoms with Gasteiger partial charge in [0, 0.05) is 25.9 Å². The standard InChI is InChI=1S/C12H16N2/c1-6-12(2,3)10-8-7-9-13-11(10)14(4)5/h1,7-9H,2-5H3. The summed E-state index contributed by atoms with van der Waals surface area (Å²) in [6, 6.07) is 3.95. The molecule has 2 heteroatoms. The molecule has 0 bridgehead atoms. The predicted octanol–water partition coefficient (Wildman–Crippen LogP) is 2.06. The molecule has 0 aliphatic heterocycles. The average Bonchev–Trinajstić information content (AvgIpc) is 2.18. The summed E-state index contributed by atoms with van der Waals surface area (Å²) in [5.41, 5.74) is 0.820. The molecule has 0 atom stereocenters. The lowest BCUT2D eigenvalue weighted by molar-refractivity contribution is 0.692. The molecule has 74 valence electrons. The maximum absolute atomic E-state index is 5.51. The van der Waals surface area contributed by atoms with Gasteiger partial charge in [-0.05, 0) is 19.9 Å². The minimum atomic E-state index is -0.270. The van der Waals surface area contributed by atoms with Crippen LogP contribution in [0.15, 0.2) is 18.3 Å². The zero-order valence-electron chi connectivity index (χ0n) is 9.20. The summed E-state index contributed by atoms with van der Waals surface area (Å²) in [7, 11) is 3.94. The first kappa shape index (κ1) is 10.6. The summed E-state index contributed by atoms with van der Waals surface area (Å²) in [6.45, 7) is 4.05. The summed E-state index contributed by atoms with van der Waals surface area (Å²) in [6.07, 6.45) is 7.29. The van der Waals surface area contributed by atoms with Crippen molar-refractivity contribution in [3.63, 3.8) is 0 Å². The van der Waals surface area contributed by atoms with Crippen LogP contribution in [-0.2, 0) is 5.41 Å². The zero-order chi connectivity index (χ0) is 10.8. The second kappa shape index (κ2) is 3.71. The second-order valence-corrected chi connectivity index (χ2v) is 4.04. The lowest BCUT2D eigenvalue weighted by Crippen LogP contribution is -2.21. The van der Waals surface area contributed by atoms with Gasteiger partial charge in [-0.1, -0.05) is 12.0 Å². The summed E-state index contributed by atoms with van der Waals surface area (Å²) >= 11 is 0. The molecule has 0 N–H and O–H groups in total. The van der Waals surface area contributed by atoms with Crippen molar-refractivity contribution in [1.29, 1.82) is 0 Å². The molecule has 0 saturated carbocycles. The van der Waals surface area contributed by atoms with Crippen molar-refractivity contribution in [2.45, 2.75) is 19.3 Å². The smallest absolute Gasteiger partial charge is 0.132 e. The van der Waals surface area contributed by atoms with E-state index >= 15 is 0 Å². The van der Waals surface area contributed by atoms with Crippen LogP contribution in [0.5, 0.6) is 0 Å². The van der Waals surface area contributed by atoms with Gasteiger partial charge in [0.05, 0.1) is 5.41 Å². The first-order valence-corrected chi connectivity index (χ1v) is 4.59. The van der Waals surface area contributed by atoms with Gasteiger partial charge in [-0.15, -0.1) is 6.42 Å². The van der Waals surface area contributed by atoms with E-state index in [9.17, 15) is 0 Å². The third-order valence-electron chi connectivity index (χ3n) is 2.24. The van der Waals surface area contributed by atoms with Gasteiger partial charge >= 0.3 is 0 Å². The van der Waals surface area contributed by atoms with Crippen LogP contribution in [0.25, 0.3) is 0 Å². The first-order chi connectivity index (χ1) is 6.49. The average molecular weight is 188 g/mol. The number of terminal acetylenes is 1. The van der Waals surface area contributed by atoms with Crippen LogP contribution in [0, 0.1) is 12.3 Å². The number of hydrogen-bond donors (Lipinski definition) is 0. The highest BCUT2D eigenvalue weighted by Crippen LogP contribution is 2.28. The maximum Gasteiger partial charge on any atom is 0.132 e. The molecule has 1 aromatic heterocycles. The van der Waals surface area contributed by atoms with E-state index < -0.39 is 0 Å². The van der Waals surface area contributed by atoms with E-state index in [0.29, 0.717) is 0 Å². The lowest BCUT2D eigenvalue weighted by atomic mass is 9.86. The summed E-state index contributed by atoms with van der Waals surface area (Å²) in [5.74, 6) is 3.73. The van der Waals surface area contributed by atoms with Gasteiger partial charge in [-0.2, -0.15) is 0 Å². The number of anilines is 1. The highest BCUT2D eigenvalue weighted by Gasteiger charge is 2.22. The van der Waals surface area contributed by atoms with Crippen molar-refractivity contribution in [3.05, 3.63) is 23.9 Å². The Morgan fingerprint density at radius 1 is 1.43 bits per heavy atom. The normalized spacial score (nSPS) is 10.8. The number of pyridine rings is 1. The van der Waals surface area contributed by atoms with Crippen molar-refractivity contribution in [2.24, 2.45) is 0 Å². The fraction of sp³-hybridized carbons (Fsp3) is 0.417. The molecule has 1 aromatic rings. The summed E-state index contributed by atoms with van der Waals surface area (Å²) < 4.78 is 0. The molecule has 0 amide bonds. The molecule has 0 radical (unpaired) electrons. The molecule has 0 aliphatic rings. The molecule has 1 heterocycles. The minimum Gasteiger partial charge on any atom is -0.362 e. The van der Waals surface area contributed by atoms with Crippen LogP contribution in [0.3, 0.4) is 0 Å². The van der Waals surface area contributed by atoms with E-state index in [4.69, 9.17) is 6.42 Å². The Hall–Kier alpha value is -1.49. The number of aromatic nitrogens is 1. The van der Waals surface area contributed by atoms with E-state index in [1.54, 1.807) is 6.20 Å². The summed E-state index contributed by atoms with van der Waals surface area (Å²) in [5, 5.41) is 0. The van der Waals surface area contributed by atoms with Crippen LogP contribution < -0.4 is 4.90 Å². The van der Waals surface area contributed by atoms with Crippen molar-refractivity contribution in [1.82, 2.24) is 4.98 Å². The van der Waals surface area contributed by atoms with Crippen molar-refractivity contribution in [2.75, 3.05) is 19.0 Å². The molecule has 0 unspecified atom stereocenters. The summed E-state index contributed by atoms with van der Waals surface area (Å²) in [4.78, 5) is 6.30. The first-order valence-electron chi connectivity index (χ1n) is 4.59. The fourth-order valence-electron chi connectivity index (χ4n) is 1.32. The molecule has 0 spiro atoms. The molecule has 14 heavy (non-hydrogen) atoms. The molecule has 0 saturated heterocycles. The fourth-order valence-corrected chi connectivity index (χ4v) is 1.32. The Morgan fingerprint density at radius 2 is 2.07 bits per heavy atom. The number of hydrogen-bond acceptors (Lipinski definition) is 2. The van der Waals surface area contributed by atoms with Crippen LogP contribution in [-0.4, -0.2) is 19.1 Å². The zero-order valence-corrected chi connectivity index (χ0v) is 9.20. The van der Waals surface area contributed by atoms with Gasteiger partial charge in [0.2, 0.25) is 0 Å². The third-order valence-corrected chi connectivity index (χ3v) is 2.24. The quantitative estimate of drug-likeness (QED) is 0.660. The van der Waals surface area contributed by atoms with Crippen LogP contribution in [0.4, 0.5) is 5.82 Å². The molecule has 0 fully saturated rings. The SMILES string of the molecule is C#CC(C)(C)c1cccnc1N(C)C. The monoisotopic (exact) mass is 188 g/mol. The second-order valence-electron chi connectivity index (χ2n) is 4.04. The van der Waals surface area contributed by atoms with Crippen LogP contribution >= 0.6 is 0 Å². The Bertz CT molecular complexity index is 359. The van der Waals surface area contributed by atoms with E-state index in [-0.39, 0.29) is 5.41 Å². The van der Waals surface area contributed by atoms with Gasteiger partial charge in [0.15, 0.2) is 0 Å². The van der Waals surface area contributed by atoms with Crippen molar-refractivity contribution >= 4 is 5.82 Å². The molecule has 1 rings (SSSR count). The lowest BCUT2D eigenvalue weighted by Gasteiger charge is -2.24. The van der Waals surface area contributed by atoms with Gasteiger partial charge in [-0.3, -0.25) is 0 Å². The number of nitrogens with zero attached hydrogens (tertiary/aromatic N) is 2. The minimum absolute atomic E-state index is 0.270. The Balaban J connectivity index is 3.29. The van der Waals surface area contributed by atoms with E-state index in [2.05, 4.69) is 10.9 Å². The van der Waals surface area contributed by atoms with Crippen molar-refractivity contribution < 1.29 is 0 Å². The van der Waals surface area contributed by atoms with Gasteiger partial charge in [0.1, 0.15) is 5.82 Å². The topological polar surface area (TPSA) is 16.1 Å². The van der Waals surface area contributed by atoms with Gasteiger partial charge in [0.25, 0.3) is 0 Å². The molecule has 2 nitrogen and oxygen atoms in total. The Morgan fingerprint density at radius 3 is 2.57 bits per heavy atom. The maximum atomic E-state index is 5.51. The van der Waals surface area contributed by atoms with E-state index in [1.165, 1.54) is 0 Å². The van der Waals surface area contributed by atoms with Crippen LogP contribution in [0.2, 0.25) is 0 Å². The predicted molar refractivity (Wildman–Crippen MR) is 60.4 cm³/mol. The highest BCUT2D eigenvalue weighted by molar-refractivity contribution is 5.51. The largest absolute Gasteiger partial charge is 0.362 e. The molecule has 0 aromatic carbocycles. The van der Waals surface area contributed by atoms with E-state index in [1.807, 2.05) is 45.0 Å². The Labute approximate surface area is 86.0 Å².